The van der Waals surface area contributed by atoms with Crippen molar-refractivity contribution in [2.45, 2.75) is 6.92 Å². The SMILES string of the molecule is Cc1ccccc1NC(=O)CNCCO. The van der Waals surface area contributed by atoms with Gasteiger partial charge in [-0.1, -0.05) is 18.2 Å². The molecule has 0 aliphatic rings. The number of carbonyl (C=O) groups is 1. The first-order valence-electron chi connectivity index (χ1n) is 4.91. The van der Waals surface area contributed by atoms with Crippen molar-refractivity contribution in [3.8, 4) is 0 Å². The van der Waals surface area contributed by atoms with Crippen LogP contribution in [-0.4, -0.2) is 30.7 Å². The van der Waals surface area contributed by atoms with Gasteiger partial charge in [0.05, 0.1) is 13.2 Å². The molecule has 82 valence electrons. The summed E-state index contributed by atoms with van der Waals surface area (Å²) in [5.74, 6) is -0.0993. The first-order valence-corrected chi connectivity index (χ1v) is 4.91. The van der Waals surface area contributed by atoms with Crippen LogP contribution in [0.15, 0.2) is 24.3 Å². The van der Waals surface area contributed by atoms with Crippen molar-refractivity contribution in [2.75, 3.05) is 25.0 Å². The Bertz CT molecular complexity index is 326. The maximum Gasteiger partial charge on any atom is 0.238 e. The standard InChI is InChI=1S/C11H16N2O2/c1-9-4-2-3-5-10(9)13-11(15)8-12-6-7-14/h2-5,12,14H,6-8H2,1H3,(H,13,15). The number of carbonyl (C=O) groups excluding carboxylic acids is 1. The number of hydrogen-bond donors (Lipinski definition) is 3. The number of nitrogens with one attached hydrogen (secondary N) is 2. The molecule has 1 aromatic carbocycles. The Morgan fingerprint density at radius 3 is 2.80 bits per heavy atom. The number of benzene rings is 1. The quantitative estimate of drug-likeness (QED) is 0.618. The molecule has 0 saturated heterocycles. The molecule has 0 unspecified atom stereocenters. The molecule has 0 radical (unpaired) electrons. The van der Waals surface area contributed by atoms with Crippen LogP contribution in [0.1, 0.15) is 5.56 Å². The molecule has 0 spiro atoms. The maximum atomic E-state index is 11.4. The molecule has 1 aromatic rings. The van der Waals surface area contributed by atoms with Crippen molar-refractivity contribution in [3.05, 3.63) is 29.8 Å². The third-order valence-corrected chi connectivity index (χ3v) is 1.99. The Balaban J connectivity index is 2.41. The molecule has 15 heavy (non-hydrogen) atoms. The van der Waals surface area contributed by atoms with Crippen molar-refractivity contribution < 1.29 is 9.90 Å². The van der Waals surface area contributed by atoms with E-state index in [2.05, 4.69) is 10.6 Å². The van der Waals surface area contributed by atoms with E-state index < -0.39 is 0 Å². The van der Waals surface area contributed by atoms with Crippen molar-refractivity contribution in [1.82, 2.24) is 5.32 Å². The van der Waals surface area contributed by atoms with Crippen LogP contribution >= 0.6 is 0 Å². The van der Waals surface area contributed by atoms with Crippen LogP contribution < -0.4 is 10.6 Å². The molecule has 0 fully saturated rings. The lowest BCUT2D eigenvalue weighted by molar-refractivity contribution is -0.115. The van der Waals surface area contributed by atoms with Crippen LogP contribution in [-0.2, 0) is 4.79 Å². The largest absolute Gasteiger partial charge is 0.395 e. The van der Waals surface area contributed by atoms with E-state index in [0.29, 0.717) is 6.54 Å². The van der Waals surface area contributed by atoms with Crippen LogP contribution in [0.4, 0.5) is 5.69 Å². The predicted octanol–water partition coefficient (Wildman–Crippen LogP) is 0.515. The van der Waals surface area contributed by atoms with Gasteiger partial charge in [0.15, 0.2) is 0 Å². The first kappa shape index (κ1) is 11.7. The molecule has 1 rings (SSSR count). The average Bonchev–Trinajstić information content (AvgIpc) is 2.22. The molecular formula is C11H16N2O2. The second-order valence-electron chi connectivity index (χ2n) is 3.26. The highest BCUT2D eigenvalue weighted by Crippen LogP contribution is 2.12. The molecule has 0 saturated carbocycles. The van der Waals surface area contributed by atoms with Crippen LogP contribution in [0.3, 0.4) is 0 Å². The predicted molar refractivity (Wildman–Crippen MR) is 59.8 cm³/mol. The molecule has 0 aliphatic heterocycles. The fourth-order valence-electron chi connectivity index (χ4n) is 1.19. The van der Waals surface area contributed by atoms with Gasteiger partial charge in [0.2, 0.25) is 5.91 Å². The van der Waals surface area contributed by atoms with Crippen LogP contribution in [0.5, 0.6) is 0 Å². The maximum absolute atomic E-state index is 11.4. The summed E-state index contributed by atoms with van der Waals surface area (Å²) in [5.41, 5.74) is 1.86. The van der Waals surface area contributed by atoms with Crippen LogP contribution in [0, 0.1) is 6.92 Å². The Kier molecular flexibility index (Phi) is 4.80. The van der Waals surface area contributed by atoms with E-state index in [1.54, 1.807) is 0 Å². The first-order chi connectivity index (χ1) is 7.24. The van der Waals surface area contributed by atoms with Gasteiger partial charge < -0.3 is 15.7 Å². The molecule has 0 atom stereocenters. The van der Waals surface area contributed by atoms with Gasteiger partial charge in [0.25, 0.3) is 0 Å². The van der Waals surface area contributed by atoms with Crippen LogP contribution in [0.2, 0.25) is 0 Å². The van der Waals surface area contributed by atoms with Gasteiger partial charge in [-0.05, 0) is 18.6 Å². The normalized spacial score (nSPS) is 10.0. The summed E-state index contributed by atoms with van der Waals surface area (Å²) in [5, 5.41) is 14.1. The lowest BCUT2D eigenvalue weighted by Gasteiger charge is -2.08. The molecule has 0 aliphatic carbocycles. The Morgan fingerprint density at radius 2 is 2.13 bits per heavy atom. The summed E-state index contributed by atoms with van der Waals surface area (Å²) in [6.45, 7) is 2.63. The van der Waals surface area contributed by atoms with Gasteiger partial charge >= 0.3 is 0 Å². The molecular weight excluding hydrogens is 192 g/mol. The van der Waals surface area contributed by atoms with E-state index in [0.717, 1.165) is 11.3 Å². The summed E-state index contributed by atoms with van der Waals surface area (Å²) in [6, 6.07) is 7.61. The van der Waals surface area contributed by atoms with Gasteiger partial charge in [0.1, 0.15) is 0 Å². The average molecular weight is 208 g/mol. The van der Waals surface area contributed by atoms with Gasteiger partial charge in [0, 0.05) is 12.2 Å². The number of amides is 1. The van der Waals surface area contributed by atoms with Crippen molar-refractivity contribution >= 4 is 11.6 Å². The number of aryl methyl sites for hydroxylation is 1. The monoisotopic (exact) mass is 208 g/mol. The third kappa shape index (κ3) is 4.10. The topological polar surface area (TPSA) is 61.4 Å². The second kappa shape index (κ2) is 6.16. The Morgan fingerprint density at radius 1 is 1.40 bits per heavy atom. The van der Waals surface area contributed by atoms with E-state index >= 15 is 0 Å². The number of aliphatic hydroxyl groups is 1. The number of aliphatic hydroxyl groups excluding tert-OH is 1. The molecule has 0 heterocycles. The molecule has 0 aromatic heterocycles. The summed E-state index contributed by atoms with van der Waals surface area (Å²) in [4.78, 5) is 11.4. The summed E-state index contributed by atoms with van der Waals surface area (Å²) in [7, 11) is 0. The Labute approximate surface area is 89.3 Å². The minimum atomic E-state index is -0.0993. The van der Waals surface area contributed by atoms with Gasteiger partial charge in [-0.2, -0.15) is 0 Å². The number of hydrogen-bond acceptors (Lipinski definition) is 3. The minimum absolute atomic E-state index is 0.0393. The van der Waals surface area contributed by atoms with Crippen molar-refractivity contribution in [3.63, 3.8) is 0 Å². The van der Waals surface area contributed by atoms with Gasteiger partial charge in [-0.15, -0.1) is 0 Å². The lowest BCUT2D eigenvalue weighted by Crippen LogP contribution is -2.30. The number of para-hydroxylation sites is 1. The number of anilines is 1. The molecule has 3 N–H and O–H groups in total. The number of rotatable bonds is 5. The molecule has 4 nitrogen and oxygen atoms in total. The lowest BCUT2D eigenvalue weighted by atomic mass is 10.2. The molecule has 1 amide bonds. The zero-order valence-electron chi connectivity index (χ0n) is 8.79. The zero-order valence-corrected chi connectivity index (χ0v) is 8.79. The highest BCUT2D eigenvalue weighted by molar-refractivity contribution is 5.92. The Hall–Kier alpha value is -1.39. The third-order valence-electron chi connectivity index (χ3n) is 1.99. The van der Waals surface area contributed by atoms with Gasteiger partial charge in [-0.25, -0.2) is 0 Å². The summed E-state index contributed by atoms with van der Waals surface area (Å²) in [6.07, 6.45) is 0. The van der Waals surface area contributed by atoms with E-state index in [4.69, 9.17) is 5.11 Å². The summed E-state index contributed by atoms with van der Waals surface area (Å²) >= 11 is 0. The van der Waals surface area contributed by atoms with Gasteiger partial charge in [-0.3, -0.25) is 4.79 Å². The highest BCUT2D eigenvalue weighted by Gasteiger charge is 2.02. The molecule has 0 bridgehead atoms. The molecule has 4 heteroatoms. The van der Waals surface area contributed by atoms with Crippen molar-refractivity contribution in [1.29, 1.82) is 0 Å². The van der Waals surface area contributed by atoms with E-state index in [1.807, 2.05) is 31.2 Å². The fourth-order valence-corrected chi connectivity index (χ4v) is 1.19. The highest BCUT2D eigenvalue weighted by atomic mass is 16.3. The van der Waals surface area contributed by atoms with Crippen molar-refractivity contribution in [2.24, 2.45) is 0 Å². The van der Waals surface area contributed by atoms with E-state index in [1.165, 1.54) is 0 Å². The summed E-state index contributed by atoms with van der Waals surface area (Å²) < 4.78 is 0. The van der Waals surface area contributed by atoms with E-state index in [-0.39, 0.29) is 19.1 Å². The van der Waals surface area contributed by atoms with Crippen LogP contribution in [0.25, 0.3) is 0 Å². The minimum Gasteiger partial charge on any atom is -0.395 e. The second-order valence-corrected chi connectivity index (χ2v) is 3.26. The smallest absolute Gasteiger partial charge is 0.238 e. The zero-order chi connectivity index (χ0) is 11.1. The van der Waals surface area contributed by atoms with E-state index in [9.17, 15) is 4.79 Å². The fraction of sp³-hybridized carbons (Fsp3) is 0.364.